The van der Waals surface area contributed by atoms with E-state index in [1.807, 2.05) is 41.2 Å². The van der Waals surface area contributed by atoms with E-state index in [1.165, 1.54) is 0 Å². The van der Waals surface area contributed by atoms with Crippen LogP contribution >= 0.6 is 0 Å². The second kappa shape index (κ2) is 3.12. The number of aromatic nitrogens is 1. The maximum atomic E-state index is 11.4. The molecule has 4 nitrogen and oxygen atoms in total. The summed E-state index contributed by atoms with van der Waals surface area (Å²) in [6, 6.07) is 9.46. The van der Waals surface area contributed by atoms with Gasteiger partial charge in [0.05, 0.1) is 11.4 Å². The second-order valence-corrected chi connectivity index (χ2v) is 5.52. The zero-order chi connectivity index (χ0) is 11.2. The standard InChI is InChI=1S/C11H10N2O2S/c14-16(15)8-9-7-10(3-4-11(9)12-16)13-5-1-2-6-13/h1-7,12H,8H2. The summed E-state index contributed by atoms with van der Waals surface area (Å²) in [5.41, 5.74) is 2.49. The molecule has 0 bridgehead atoms. The van der Waals surface area contributed by atoms with E-state index in [4.69, 9.17) is 0 Å². The fourth-order valence-corrected chi connectivity index (χ4v) is 3.13. The van der Waals surface area contributed by atoms with Crippen LogP contribution in [-0.4, -0.2) is 13.0 Å². The van der Waals surface area contributed by atoms with Gasteiger partial charge in [-0.15, -0.1) is 0 Å². The van der Waals surface area contributed by atoms with E-state index in [1.54, 1.807) is 6.07 Å². The average molecular weight is 234 g/mol. The molecule has 0 fully saturated rings. The van der Waals surface area contributed by atoms with Crippen LogP contribution in [0.5, 0.6) is 0 Å². The molecule has 5 heteroatoms. The van der Waals surface area contributed by atoms with E-state index in [-0.39, 0.29) is 5.75 Å². The molecule has 0 atom stereocenters. The molecule has 1 aliphatic heterocycles. The lowest BCUT2D eigenvalue weighted by molar-refractivity contribution is 0.602. The number of nitrogens with one attached hydrogen (secondary N) is 1. The van der Waals surface area contributed by atoms with Crippen molar-refractivity contribution in [3.63, 3.8) is 0 Å². The van der Waals surface area contributed by atoms with Crippen molar-refractivity contribution in [2.24, 2.45) is 0 Å². The third kappa shape index (κ3) is 1.49. The Morgan fingerprint density at radius 2 is 1.94 bits per heavy atom. The van der Waals surface area contributed by atoms with Gasteiger partial charge in [-0.2, -0.15) is 0 Å². The van der Waals surface area contributed by atoms with Gasteiger partial charge in [-0.1, -0.05) is 0 Å². The minimum Gasteiger partial charge on any atom is -0.324 e. The molecule has 0 saturated carbocycles. The van der Waals surface area contributed by atoms with Crippen molar-refractivity contribution in [3.05, 3.63) is 48.3 Å². The van der Waals surface area contributed by atoms with Gasteiger partial charge in [0.2, 0.25) is 10.0 Å². The molecule has 0 spiro atoms. The van der Waals surface area contributed by atoms with Gasteiger partial charge in [0.25, 0.3) is 0 Å². The van der Waals surface area contributed by atoms with Crippen molar-refractivity contribution >= 4 is 15.7 Å². The molecule has 0 saturated heterocycles. The van der Waals surface area contributed by atoms with E-state index in [2.05, 4.69) is 4.72 Å². The molecule has 0 aliphatic carbocycles. The third-order valence-electron chi connectivity index (χ3n) is 2.60. The molecule has 3 rings (SSSR count). The SMILES string of the molecule is O=S1(=O)Cc2cc(-n3cccc3)ccc2N1. The molecule has 2 heterocycles. The summed E-state index contributed by atoms with van der Waals surface area (Å²) in [5, 5.41) is 0. The van der Waals surface area contributed by atoms with Crippen LogP contribution in [-0.2, 0) is 15.8 Å². The van der Waals surface area contributed by atoms with Crippen LogP contribution in [0.3, 0.4) is 0 Å². The highest BCUT2D eigenvalue weighted by molar-refractivity contribution is 7.92. The second-order valence-electron chi connectivity index (χ2n) is 3.79. The minimum atomic E-state index is -3.15. The number of hydrogen-bond donors (Lipinski definition) is 1. The first kappa shape index (κ1) is 9.47. The zero-order valence-corrected chi connectivity index (χ0v) is 9.24. The van der Waals surface area contributed by atoms with E-state index in [0.29, 0.717) is 5.69 Å². The molecule has 2 aromatic rings. The van der Waals surface area contributed by atoms with Crippen LogP contribution in [0.4, 0.5) is 5.69 Å². The number of nitrogens with zero attached hydrogens (tertiary/aromatic N) is 1. The van der Waals surface area contributed by atoms with Crippen LogP contribution < -0.4 is 4.72 Å². The predicted octanol–water partition coefficient (Wildman–Crippen LogP) is 1.73. The fourth-order valence-electron chi connectivity index (χ4n) is 1.87. The Morgan fingerprint density at radius 1 is 1.19 bits per heavy atom. The first-order chi connectivity index (χ1) is 7.64. The van der Waals surface area contributed by atoms with Gasteiger partial charge in [-0.3, -0.25) is 4.72 Å². The van der Waals surface area contributed by atoms with E-state index < -0.39 is 10.0 Å². The molecule has 0 radical (unpaired) electrons. The molecule has 1 N–H and O–H groups in total. The maximum absolute atomic E-state index is 11.4. The lowest BCUT2D eigenvalue weighted by Crippen LogP contribution is -2.05. The lowest BCUT2D eigenvalue weighted by atomic mass is 10.2. The minimum absolute atomic E-state index is 0.0669. The van der Waals surface area contributed by atoms with Crippen molar-refractivity contribution in [3.8, 4) is 5.69 Å². The van der Waals surface area contributed by atoms with Crippen molar-refractivity contribution in [1.82, 2.24) is 4.57 Å². The van der Waals surface area contributed by atoms with Crippen LogP contribution in [0.2, 0.25) is 0 Å². The van der Waals surface area contributed by atoms with Gasteiger partial charge in [-0.05, 0) is 35.9 Å². The topological polar surface area (TPSA) is 51.1 Å². The average Bonchev–Trinajstić information content (AvgIpc) is 2.80. The maximum Gasteiger partial charge on any atom is 0.237 e. The third-order valence-corrected chi connectivity index (χ3v) is 3.82. The highest BCUT2D eigenvalue weighted by atomic mass is 32.2. The smallest absolute Gasteiger partial charge is 0.237 e. The predicted molar refractivity (Wildman–Crippen MR) is 62.0 cm³/mol. The van der Waals surface area contributed by atoms with Crippen LogP contribution in [0.15, 0.2) is 42.7 Å². The summed E-state index contributed by atoms with van der Waals surface area (Å²) in [7, 11) is -3.15. The highest BCUT2D eigenvalue weighted by Gasteiger charge is 2.23. The first-order valence-electron chi connectivity index (χ1n) is 4.91. The molecular formula is C11H10N2O2S. The van der Waals surface area contributed by atoms with Crippen LogP contribution in [0, 0.1) is 0 Å². The number of benzene rings is 1. The van der Waals surface area contributed by atoms with E-state index in [0.717, 1.165) is 11.3 Å². The molecule has 16 heavy (non-hydrogen) atoms. The number of fused-ring (bicyclic) bond motifs is 1. The molecule has 82 valence electrons. The van der Waals surface area contributed by atoms with Gasteiger partial charge in [0.15, 0.2) is 0 Å². The summed E-state index contributed by atoms with van der Waals surface area (Å²) < 4.78 is 27.2. The normalized spacial score (nSPS) is 16.8. The summed E-state index contributed by atoms with van der Waals surface area (Å²) in [5.74, 6) is 0.0669. The van der Waals surface area contributed by atoms with Gasteiger partial charge in [-0.25, -0.2) is 8.42 Å². The molecule has 1 aliphatic rings. The number of rotatable bonds is 1. The summed E-state index contributed by atoms with van der Waals surface area (Å²) >= 11 is 0. The molecule has 1 aromatic carbocycles. The van der Waals surface area contributed by atoms with E-state index >= 15 is 0 Å². The van der Waals surface area contributed by atoms with Crippen LogP contribution in [0.25, 0.3) is 5.69 Å². The molecular weight excluding hydrogens is 224 g/mol. The lowest BCUT2D eigenvalue weighted by Gasteiger charge is -2.04. The van der Waals surface area contributed by atoms with Crippen molar-refractivity contribution in [1.29, 1.82) is 0 Å². The number of hydrogen-bond acceptors (Lipinski definition) is 2. The summed E-state index contributed by atoms with van der Waals surface area (Å²) in [6.45, 7) is 0. The van der Waals surface area contributed by atoms with Crippen molar-refractivity contribution in [2.75, 3.05) is 4.72 Å². The summed E-state index contributed by atoms with van der Waals surface area (Å²) in [4.78, 5) is 0. The van der Waals surface area contributed by atoms with E-state index in [9.17, 15) is 8.42 Å². The van der Waals surface area contributed by atoms with Crippen molar-refractivity contribution < 1.29 is 8.42 Å². The summed E-state index contributed by atoms with van der Waals surface area (Å²) in [6.07, 6.45) is 3.86. The molecule has 1 aromatic heterocycles. The Hall–Kier alpha value is -1.75. The number of sulfonamides is 1. The van der Waals surface area contributed by atoms with Crippen LogP contribution in [0.1, 0.15) is 5.56 Å². The monoisotopic (exact) mass is 234 g/mol. The van der Waals surface area contributed by atoms with Gasteiger partial charge in [0, 0.05) is 18.1 Å². The largest absolute Gasteiger partial charge is 0.324 e. The van der Waals surface area contributed by atoms with Crippen molar-refractivity contribution in [2.45, 2.75) is 5.75 Å². The molecule has 0 amide bonds. The first-order valence-corrected chi connectivity index (χ1v) is 6.56. The van der Waals surface area contributed by atoms with Gasteiger partial charge >= 0.3 is 0 Å². The van der Waals surface area contributed by atoms with Gasteiger partial charge < -0.3 is 4.57 Å². The Bertz CT molecular complexity index is 630. The Morgan fingerprint density at radius 3 is 2.69 bits per heavy atom. The molecule has 0 unspecified atom stereocenters. The Balaban J connectivity index is 2.09. The highest BCUT2D eigenvalue weighted by Crippen LogP contribution is 2.28. The Labute approximate surface area is 93.6 Å². The van der Waals surface area contributed by atoms with Gasteiger partial charge in [0.1, 0.15) is 0 Å². The number of anilines is 1. The quantitative estimate of drug-likeness (QED) is 0.817. The fraction of sp³-hybridized carbons (Fsp3) is 0.0909. The zero-order valence-electron chi connectivity index (χ0n) is 8.42. The Kier molecular flexibility index (Phi) is 1.85.